The average molecular weight is 355 g/mol. The molecule has 0 spiro atoms. The maximum atomic E-state index is 12.6. The molecule has 1 aromatic rings. The van der Waals surface area contributed by atoms with Crippen LogP contribution in [0.2, 0.25) is 5.02 Å². The van der Waals surface area contributed by atoms with Crippen LogP contribution in [0.25, 0.3) is 0 Å². The minimum absolute atomic E-state index is 0.0593. The quantitative estimate of drug-likeness (QED) is 0.815. The third-order valence-corrected chi connectivity index (χ3v) is 4.11. The molecule has 1 atom stereocenters. The molecule has 132 valence electrons. The first-order chi connectivity index (χ1) is 11.5. The molecule has 1 heterocycles. The van der Waals surface area contributed by atoms with Gasteiger partial charge in [-0.3, -0.25) is 4.79 Å². The van der Waals surface area contributed by atoms with Crippen molar-refractivity contribution in [2.75, 3.05) is 32.8 Å². The number of hydrogen-bond acceptors (Lipinski definition) is 4. The third-order valence-electron chi connectivity index (χ3n) is 3.86. The van der Waals surface area contributed by atoms with Crippen LogP contribution in [0.3, 0.4) is 0 Å². The van der Waals surface area contributed by atoms with E-state index in [4.69, 9.17) is 21.1 Å². The molecule has 2 amide bonds. The molecule has 0 bridgehead atoms. The number of carbonyl (C=O) groups excluding carboxylic acids is 2. The van der Waals surface area contributed by atoms with Crippen LogP contribution in [0.15, 0.2) is 24.3 Å². The molecule has 1 unspecified atom stereocenters. The Morgan fingerprint density at radius 3 is 2.21 bits per heavy atom. The van der Waals surface area contributed by atoms with Crippen LogP contribution >= 0.6 is 11.6 Å². The minimum atomic E-state index is -0.541. The summed E-state index contributed by atoms with van der Waals surface area (Å²) in [5, 5.41) is 0.622. The van der Waals surface area contributed by atoms with Crippen molar-refractivity contribution in [1.82, 2.24) is 9.80 Å². The summed E-state index contributed by atoms with van der Waals surface area (Å²) in [5.74, 6) is 0.556. The molecule has 0 radical (unpaired) electrons. The van der Waals surface area contributed by atoms with Gasteiger partial charge in [0.05, 0.1) is 6.61 Å². The van der Waals surface area contributed by atoms with Crippen LogP contribution in [0.4, 0.5) is 4.79 Å². The number of nitrogens with zero attached hydrogens (tertiary/aromatic N) is 2. The van der Waals surface area contributed by atoms with Gasteiger partial charge in [0.15, 0.2) is 6.10 Å². The summed E-state index contributed by atoms with van der Waals surface area (Å²) >= 11 is 5.85. The fraction of sp³-hybridized carbons (Fsp3) is 0.529. The number of rotatable bonds is 5. The smallest absolute Gasteiger partial charge is 0.409 e. The van der Waals surface area contributed by atoms with Gasteiger partial charge in [0, 0.05) is 31.2 Å². The second-order valence-electron chi connectivity index (χ2n) is 5.48. The normalized spacial score (nSPS) is 15.8. The molecular weight excluding hydrogens is 332 g/mol. The highest BCUT2D eigenvalue weighted by Crippen LogP contribution is 2.19. The van der Waals surface area contributed by atoms with Crippen LogP contribution in [-0.2, 0) is 9.53 Å². The highest BCUT2D eigenvalue weighted by Gasteiger charge is 2.29. The van der Waals surface area contributed by atoms with E-state index in [-0.39, 0.29) is 12.0 Å². The Labute approximate surface area is 147 Å². The van der Waals surface area contributed by atoms with Crippen molar-refractivity contribution in [3.8, 4) is 5.75 Å². The molecule has 1 aromatic carbocycles. The van der Waals surface area contributed by atoms with Gasteiger partial charge >= 0.3 is 6.09 Å². The van der Waals surface area contributed by atoms with E-state index < -0.39 is 6.10 Å². The van der Waals surface area contributed by atoms with E-state index in [0.717, 1.165) is 0 Å². The summed E-state index contributed by atoms with van der Waals surface area (Å²) in [4.78, 5) is 27.7. The lowest BCUT2D eigenvalue weighted by Crippen LogP contribution is -2.53. The number of benzene rings is 1. The summed E-state index contributed by atoms with van der Waals surface area (Å²) < 4.78 is 10.8. The van der Waals surface area contributed by atoms with Gasteiger partial charge in [-0.25, -0.2) is 4.79 Å². The third kappa shape index (κ3) is 4.77. The minimum Gasteiger partial charge on any atom is -0.481 e. The zero-order valence-electron chi connectivity index (χ0n) is 14.0. The van der Waals surface area contributed by atoms with Crippen molar-refractivity contribution >= 4 is 23.6 Å². The highest BCUT2D eigenvalue weighted by molar-refractivity contribution is 6.30. The molecule has 24 heavy (non-hydrogen) atoms. The fourth-order valence-corrected chi connectivity index (χ4v) is 2.64. The summed E-state index contributed by atoms with van der Waals surface area (Å²) in [6.45, 7) is 5.95. The molecule has 0 aromatic heterocycles. The lowest BCUT2D eigenvalue weighted by atomic mass is 10.2. The predicted octanol–water partition coefficient (Wildman–Crippen LogP) is 2.80. The van der Waals surface area contributed by atoms with Crippen LogP contribution in [0.1, 0.15) is 20.3 Å². The van der Waals surface area contributed by atoms with Crippen LogP contribution in [0.5, 0.6) is 5.75 Å². The van der Waals surface area contributed by atoms with Gasteiger partial charge in [-0.1, -0.05) is 18.5 Å². The lowest BCUT2D eigenvalue weighted by Gasteiger charge is -2.35. The summed E-state index contributed by atoms with van der Waals surface area (Å²) in [6, 6.07) is 6.95. The Bertz CT molecular complexity index is 556. The summed E-state index contributed by atoms with van der Waals surface area (Å²) in [6.07, 6.45) is -0.297. The second-order valence-corrected chi connectivity index (χ2v) is 5.92. The summed E-state index contributed by atoms with van der Waals surface area (Å²) in [5.41, 5.74) is 0. The van der Waals surface area contributed by atoms with Gasteiger partial charge in [0.2, 0.25) is 0 Å². The number of carbonyl (C=O) groups is 2. The van der Waals surface area contributed by atoms with Crippen molar-refractivity contribution < 1.29 is 19.1 Å². The monoisotopic (exact) mass is 354 g/mol. The largest absolute Gasteiger partial charge is 0.481 e. The molecule has 0 aliphatic carbocycles. The molecule has 1 fully saturated rings. The Morgan fingerprint density at radius 1 is 1.08 bits per heavy atom. The number of amides is 2. The van der Waals surface area contributed by atoms with Crippen LogP contribution in [-0.4, -0.2) is 60.7 Å². The Balaban J connectivity index is 1.90. The van der Waals surface area contributed by atoms with E-state index in [2.05, 4.69) is 0 Å². The standard InChI is InChI=1S/C17H23ClN2O4/c1-3-15(24-14-7-5-13(18)6-8-14)16(21)19-9-11-20(12-10-19)17(22)23-4-2/h5-8,15H,3-4,9-12H2,1-2H3. The SMILES string of the molecule is CCOC(=O)N1CCN(C(=O)C(CC)Oc2ccc(Cl)cc2)CC1. The van der Waals surface area contributed by atoms with E-state index in [1.807, 2.05) is 6.92 Å². The van der Waals surface area contributed by atoms with Gasteiger partial charge in [0.25, 0.3) is 5.91 Å². The molecule has 7 heteroatoms. The van der Waals surface area contributed by atoms with Crippen molar-refractivity contribution in [3.63, 3.8) is 0 Å². The molecule has 1 aliphatic heterocycles. The number of piperazine rings is 1. The molecule has 1 saturated heterocycles. The zero-order chi connectivity index (χ0) is 17.5. The molecule has 0 N–H and O–H groups in total. The maximum Gasteiger partial charge on any atom is 0.409 e. The Hall–Kier alpha value is -1.95. The summed E-state index contributed by atoms with van der Waals surface area (Å²) in [7, 11) is 0. The maximum absolute atomic E-state index is 12.6. The van der Waals surface area contributed by atoms with E-state index >= 15 is 0 Å². The molecule has 6 nitrogen and oxygen atoms in total. The first-order valence-corrected chi connectivity index (χ1v) is 8.55. The molecular formula is C17H23ClN2O4. The van der Waals surface area contributed by atoms with Crippen molar-refractivity contribution in [2.45, 2.75) is 26.4 Å². The molecule has 1 aliphatic rings. The van der Waals surface area contributed by atoms with Gasteiger partial charge in [-0.05, 0) is 37.6 Å². The van der Waals surface area contributed by atoms with Crippen molar-refractivity contribution in [3.05, 3.63) is 29.3 Å². The van der Waals surface area contributed by atoms with Crippen molar-refractivity contribution in [2.24, 2.45) is 0 Å². The zero-order valence-corrected chi connectivity index (χ0v) is 14.8. The lowest BCUT2D eigenvalue weighted by molar-refractivity contribution is -0.140. The first kappa shape index (κ1) is 18.4. The Morgan fingerprint density at radius 2 is 1.67 bits per heavy atom. The van der Waals surface area contributed by atoms with Crippen molar-refractivity contribution in [1.29, 1.82) is 0 Å². The van der Waals surface area contributed by atoms with Crippen LogP contribution < -0.4 is 4.74 Å². The first-order valence-electron chi connectivity index (χ1n) is 8.17. The number of hydrogen-bond donors (Lipinski definition) is 0. The van der Waals surface area contributed by atoms with E-state index in [1.165, 1.54) is 0 Å². The highest BCUT2D eigenvalue weighted by atomic mass is 35.5. The Kier molecular flexibility index (Phi) is 6.73. The topological polar surface area (TPSA) is 59.1 Å². The van der Waals surface area contributed by atoms with E-state index in [9.17, 15) is 9.59 Å². The van der Waals surface area contributed by atoms with Gasteiger partial charge in [-0.15, -0.1) is 0 Å². The number of ether oxygens (including phenoxy) is 2. The number of halogens is 1. The predicted molar refractivity (Wildman–Crippen MR) is 91.3 cm³/mol. The molecule has 2 rings (SSSR count). The van der Waals surface area contributed by atoms with Gasteiger partial charge in [0.1, 0.15) is 5.75 Å². The molecule has 0 saturated carbocycles. The van der Waals surface area contributed by atoms with E-state index in [1.54, 1.807) is 41.0 Å². The van der Waals surface area contributed by atoms with Crippen LogP contribution in [0, 0.1) is 0 Å². The van der Waals surface area contributed by atoms with Gasteiger partial charge in [-0.2, -0.15) is 0 Å². The van der Waals surface area contributed by atoms with E-state index in [0.29, 0.717) is 50.0 Å². The fourth-order valence-electron chi connectivity index (χ4n) is 2.51. The average Bonchev–Trinajstić information content (AvgIpc) is 2.61. The second kappa shape index (κ2) is 8.78. The van der Waals surface area contributed by atoms with Gasteiger partial charge < -0.3 is 19.3 Å².